The summed E-state index contributed by atoms with van der Waals surface area (Å²) in [5.74, 6) is 0. The first-order valence-corrected chi connectivity index (χ1v) is 3.74. The van der Waals surface area contributed by atoms with E-state index in [0.29, 0.717) is 0 Å². The van der Waals surface area contributed by atoms with Gasteiger partial charge >= 0.3 is 0 Å². The van der Waals surface area contributed by atoms with Crippen molar-refractivity contribution in [1.29, 1.82) is 0 Å². The molecule has 0 saturated heterocycles. The van der Waals surface area contributed by atoms with E-state index in [4.69, 9.17) is 11.6 Å². The molecule has 1 aromatic carbocycles. The fraction of sp³-hybridized carbons (Fsp3) is 0. The summed E-state index contributed by atoms with van der Waals surface area (Å²) in [5, 5.41) is 1.78. The Hall–Kier alpha value is -0.950. The van der Waals surface area contributed by atoms with Crippen molar-refractivity contribution in [3.05, 3.63) is 41.9 Å². The molecule has 0 amide bonds. The zero-order chi connectivity index (χ0) is 7.84. The van der Waals surface area contributed by atoms with Gasteiger partial charge in [-0.25, -0.2) is 0 Å². The van der Waals surface area contributed by atoms with Crippen molar-refractivity contribution in [1.82, 2.24) is 4.98 Å². The number of H-pyrrole nitrogens is 1. The predicted molar refractivity (Wildman–Crippen MR) is 47.8 cm³/mol. The molecule has 2 aromatic rings. The average Bonchev–Trinajstić information content (AvgIpc) is 2.34. The number of halogens is 1. The molecule has 1 radical (unpaired) electrons. The summed E-state index contributed by atoms with van der Waals surface area (Å²) < 4.78 is 0. The Morgan fingerprint density at radius 1 is 1.36 bits per heavy atom. The first kappa shape index (κ1) is 6.74. The van der Waals surface area contributed by atoms with E-state index in [2.05, 4.69) is 11.9 Å². The zero-order valence-electron chi connectivity index (χ0n) is 5.89. The zero-order valence-corrected chi connectivity index (χ0v) is 6.65. The second kappa shape index (κ2) is 2.28. The minimum Gasteiger partial charge on any atom is -0.361 e. The van der Waals surface area contributed by atoms with Gasteiger partial charge in [0.1, 0.15) is 0 Å². The van der Waals surface area contributed by atoms with Gasteiger partial charge in [-0.2, -0.15) is 0 Å². The van der Waals surface area contributed by atoms with Crippen LogP contribution in [0.5, 0.6) is 0 Å². The molecule has 0 fully saturated rings. The van der Waals surface area contributed by atoms with Gasteiger partial charge in [0, 0.05) is 17.1 Å². The number of nitrogens with one attached hydrogen (secondary N) is 1. The second-order valence-corrected chi connectivity index (χ2v) is 2.88. The van der Waals surface area contributed by atoms with E-state index in [1.165, 1.54) is 0 Å². The van der Waals surface area contributed by atoms with E-state index in [9.17, 15) is 0 Å². The molecule has 1 N–H and O–H groups in total. The van der Waals surface area contributed by atoms with Gasteiger partial charge in [-0.15, -0.1) is 0 Å². The van der Waals surface area contributed by atoms with Crippen LogP contribution in [-0.4, -0.2) is 4.98 Å². The van der Waals surface area contributed by atoms with Crippen LogP contribution < -0.4 is 0 Å². The number of hydrogen-bond donors (Lipinski definition) is 1. The molecule has 0 aliphatic carbocycles. The van der Waals surface area contributed by atoms with E-state index < -0.39 is 0 Å². The topological polar surface area (TPSA) is 15.8 Å². The molecule has 0 aliphatic rings. The normalized spacial score (nSPS) is 10.7. The number of aromatic nitrogens is 1. The van der Waals surface area contributed by atoms with Gasteiger partial charge in [-0.05, 0) is 24.6 Å². The molecule has 0 unspecified atom stereocenters. The molecule has 0 atom stereocenters. The van der Waals surface area contributed by atoms with Crippen molar-refractivity contribution in [2.24, 2.45) is 0 Å². The number of hydrogen-bond acceptors (Lipinski definition) is 0. The standard InChI is InChI=1S/C9H7ClN/c1-6-5-11-8-4-2-3-7(10)9(6)8/h2-5,11H,1H2. The maximum absolute atomic E-state index is 5.94. The van der Waals surface area contributed by atoms with E-state index >= 15 is 0 Å². The van der Waals surface area contributed by atoms with Crippen molar-refractivity contribution in [2.75, 3.05) is 0 Å². The third-order valence-electron chi connectivity index (χ3n) is 1.74. The highest BCUT2D eigenvalue weighted by atomic mass is 35.5. The highest BCUT2D eigenvalue weighted by Gasteiger charge is 2.01. The van der Waals surface area contributed by atoms with E-state index in [0.717, 1.165) is 21.5 Å². The van der Waals surface area contributed by atoms with Crippen LogP contribution in [-0.2, 0) is 0 Å². The summed E-state index contributed by atoms with van der Waals surface area (Å²) in [6.07, 6.45) is 1.86. The minimum absolute atomic E-state index is 0.758. The molecule has 0 bridgehead atoms. The number of aromatic amines is 1. The molecule has 0 saturated carbocycles. The Morgan fingerprint density at radius 3 is 2.91 bits per heavy atom. The average molecular weight is 165 g/mol. The SMILES string of the molecule is [CH2]c1c[nH]c2cccc(Cl)c12. The fourth-order valence-corrected chi connectivity index (χ4v) is 1.50. The Morgan fingerprint density at radius 2 is 2.18 bits per heavy atom. The van der Waals surface area contributed by atoms with Crippen molar-refractivity contribution in [3.63, 3.8) is 0 Å². The highest BCUT2D eigenvalue weighted by molar-refractivity contribution is 6.35. The first-order valence-electron chi connectivity index (χ1n) is 3.36. The van der Waals surface area contributed by atoms with Gasteiger partial charge in [0.05, 0.1) is 5.02 Å². The molecule has 11 heavy (non-hydrogen) atoms. The predicted octanol–water partition coefficient (Wildman–Crippen LogP) is 3.00. The van der Waals surface area contributed by atoms with Crippen molar-refractivity contribution < 1.29 is 0 Å². The Labute approximate surface area is 70.0 Å². The molecule has 2 heteroatoms. The Kier molecular flexibility index (Phi) is 1.40. The van der Waals surface area contributed by atoms with Gasteiger partial charge in [0.15, 0.2) is 0 Å². The summed E-state index contributed by atoms with van der Waals surface area (Å²) in [5.41, 5.74) is 1.99. The van der Waals surface area contributed by atoms with Crippen LogP contribution in [0.15, 0.2) is 24.4 Å². The lowest BCUT2D eigenvalue weighted by molar-refractivity contribution is 1.46. The van der Waals surface area contributed by atoms with Gasteiger partial charge in [0.25, 0.3) is 0 Å². The third kappa shape index (κ3) is 0.925. The lowest BCUT2D eigenvalue weighted by atomic mass is 10.2. The molecule has 0 aliphatic heterocycles. The van der Waals surface area contributed by atoms with Gasteiger partial charge in [-0.1, -0.05) is 17.7 Å². The Bertz CT molecular complexity index is 389. The maximum Gasteiger partial charge on any atom is 0.0502 e. The fourth-order valence-electron chi connectivity index (χ4n) is 1.21. The third-order valence-corrected chi connectivity index (χ3v) is 2.05. The van der Waals surface area contributed by atoms with Crippen molar-refractivity contribution >= 4 is 22.5 Å². The summed E-state index contributed by atoms with van der Waals surface area (Å²) in [6, 6.07) is 5.77. The van der Waals surface area contributed by atoms with Gasteiger partial charge in [-0.3, -0.25) is 0 Å². The Balaban J connectivity index is 2.96. The number of rotatable bonds is 0. The quantitative estimate of drug-likeness (QED) is 0.616. The van der Waals surface area contributed by atoms with Crippen LogP contribution in [0.1, 0.15) is 5.56 Å². The number of fused-ring (bicyclic) bond motifs is 1. The molecular formula is C9H7ClN. The summed E-state index contributed by atoms with van der Waals surface area (Å²) in [4.78, 5) is 3.08. The summed E-state index contributed by atoms with van der Waals surface area (Å²) >= 11 is 5.94. The van der Waals surface area contributed by atoms with Crippen LogP contribution in [0.3, 0.4) is 0 Å². The highest BCUT2D eigenvalue weighted by Crippen LogP contribution is 2.25. The van der Waals surface area contributed by atoms with Crippen molar-refractivity contribution in [3.8, 4) is 0 Å². The summed E-state index contributed by atoms with van der Waals surface area (Å²) in [6.45, 7) is 3.85. The second-order valence-electron chi connectivity index (χ2n) is 2.48. The lowest BCUT2D eigenvalue weighted by Gasteiger charge is -1.93. The van der Waals surface area contributed by atoms with Crippen LogP contribution in [0.2, 0.25) is 5.02 Å². The first-order chi connectivity index (χ1) is 5.29. The van der Waals surface area contributed by atoms with Gasteiger partial charge < -0.3 is 4.98 Å². The molecular weight excluding hydrogens is 158 g/mol. The lowest BCUT2D eigenvalue weighted by Crippen LogP contribution is -1.69. The van der Waals surface area contributed by atoms with Crippen LogP contribution in [0.25, 0.3) is 10.9 Å². The maximum atomic E-state index is 5.94. The molecule has 2 rings (SSSR count). The van der Waals surface area contributed by atoms with Crippen LogP contribution in [0.4, 0.5) is 0 Å². The minimum atomic E-state index is 0.758. The van der Waals surface area contributed by atoms with Gasteiger partial charge in [0.2, 0.25) is 0 Å². The van der Waals surface area contributed by atoms with Crippen molar-refractivity contribution in [2.45, 2.75) is 0 Å². The van der Waals surface area contributed by atoms with E-state index in [1.807, 2.05) is 24.4 Å². The van der Waals surface area contributed by atoms with Crippen LogP contribution >= 0.6 is 11.6 Å². The summed E-state index contributed by atoms with van der Waals surface area (Å²) in [7, 11) is 0. The molecule has 55 valence electrons. The van der Waals surface area contributed by atoms with E-state index in [1.54, 1.807) is 0 Å². The monoisotopic (exact) mass is 164 g/mol. The smallest absolute Gasteiger partial charge is 0.0502 e. The van der Waals surface area contributed by atoms with E-state index in [-0.39, 0.29) is 0 Å². The molecule has 0 spiro atoms. The molecule has 1 heterocycles. The largest absolute Gasteiger partial charge is 0.361 e. The van der Waals surface area contributed by atoms with Crippen LogP contribution in [0, 0.1) is 6.92 Å². The molecule has 1 aromatic heterocycles. The molecule has 1 nitrogen and oxygen atoms in total. The number of benzene rings is 1.